The van der Waals surface area contributed by atoms with Crippen molar-refractivity contribution in [1.82, 2.24) is 15.1 Å². The second kappa shape index (κ2) is 8.09. The molecule has 7 nitrogen and oxygen atoms in total. The normalized spacial score (nSPS) is 22.0. The lowest BCUT2D eigenvalue weighted by atomic mass is 10.2. The number of hydrogen-bond donors (Lipinski definition) is 1. The Morgan fingerprint density at radius 3 is 3.00 bits per heavy atom. The standard InChI is InChI=1S/C13H20N4O3S2/c18-11(17-3-6-19-7-4-17)9-21-13-16-15-12(22-13)14-8-10-2-1-5-20-10/h10H,1-9H2,(H,14,15). The van der Waals surface area contributed by atoms with Crippen LogP contribution in [-0.2, 0) is 14.3 Å². The van der Waals surface area contributed by atoms with Gasteiger partial charge in [-0.2, -0.15) is 0 Å². The van der Waals surface area contributed by atoms with Gasteiger partial charge in [0.25, 0.3) is 0 Å². The molecule has 22 heavy (non-hydrogen) atoms. The molecule has 0 saturated carbocycles. The molecule has 3 rings (SSSR count). The fraction of sp³-hybridized carbons (Fsp3) is 0.769. The summed E-state index contributed by atoms with van der Waals surface area (Å²) >= 11 is 2.93. The van der Waals surface area contributed by atoms with Crippen molar-refractivity contribution in [3.63, 3.8) is 0 Å². The first-order chi connectivity index (χ1) is 10.8. The number of amides is 1. The van der Waals surface area contributed by atoms with E-state index in [0.717, 1.165) is 35.5 Å². The minimum atomic E-state index is 0.136. The summed E-state index contributed by atoms with van der Waals surface area (Å²) in [4.78, 5) is 13.9. The van der Waals surface area contributed by atoms with Crippen LogP contribution in [0, 0.1) is 0 Å². The molecule has 2 aliphatic heterocycles. The molecular weight excluding hydrogens is 324 g/mol. The summed E-state index contributed by atoms with van der Waals surface area (Å²) in [7, 11) is 0. The van der Waals surface area contributed by atoms with E-state index in [9.17, 15) is 4.79 Å². The van der Waals surface area contributed by atoms with E-state index in [0.29, 0.717) is 32.1 Å². The topological polar surface area (TPSA) is 76.6 Å². The molecule has 1 aromatic heterocycles. The van der Waals surface area contributed by atoms with Crippen molar-refractivity contribution < 1.29 is 14.3 Å². The highest BCUT2D eigenvalue weighted by Crippen LogP contribution is 2.26. The Balaban J connectivity index is 1.40. The number of rotatable bonds is 6. The average Bonchev–Trinajstić information content (AvgIpc) is 3.23. The third-order valence-corrected chi connectivity index (χ3v) is 5.59. The van der Waals surface area contributed by atoms with E-state index in [2.05, 4.69) is 15.5 Å². The van der Waals surface area contributed by atoms with Gasteiger partial charge in [0.2, 0.25) is 11.0 Å². The van der Waals surface area contributed by atoms with Crippen LogP contribution < -0.4 is 5.32 Å². The molecular formula is C13H20N4O3S2. The predicted molar refractivity (Wildman–Crippen MR) is 85.5 cm³/mol. The third-order valence-electron chi connectivity index (χ3n) is 3.59. The van der Waals surface area contributed by atoms with Gasteiger partial charge in [0, 0.05) is 26.2 Å². The first kappa shape index (κ1) is 16.0. The van der Waals surface area contributed by atoms with E-state index >= 15 is 0 Å². The van der Waals surface area contributed by atoms with Crippen molar-refractivity contribution in [2.45, 2.75) is 23.3 Å². The van der Waals surface area contributed by atoms with Gasteiger partial charge in [-0.25, -0.2) is 0 Å². The van der Waals surface area contributed by atoms with E-state index in [1.165, 1.54) is 23.1 Å². The number of nitrogens with zero attached hydrogens (tertiary/aromatic N) is 3. The molecule has 1 aromatic rings. The minimum absolute atomic E-state index is 0.136. The van der Waals surface area contributed by atoms with E-state index in [1.54, 1.807) is 0 Å². The molecule has 0 bridgehead atoms. The van der Waals surface area contributed by atoms with E-state index in [4.69, 9.17) is 9.47 Å². The lowest BCUT2D eigenvalue weighted by Crippen LogP contribution is -2.41. The van der Waals surface area contributed by atoms with Crippen LogP contribution in [0.15, 0.2) is 4.34 Å². The number of anilines is 1. The Hall–Kier alpha value is -0.900. The summed E-state index contributed by atoms with van der Waals surface area (Å²) in [6.07, 6.45) is 2.51. The molecule has 1 atom stereocenters. The van der Waals surface area contributed by atoms with Gasteiger partial charge < -0.3 is 19.7 Å². The highest BCUT2D eigenvalue weighted by atomic mass is 32.2. The summed E-state index contributed by atoms with van der Waals surface area (Å²) in [6, 6.07) is 0. The highest BCUT2D eigenvalue weighted by molar-refractivity contribution is 8.01. The van der Waals surface area contributed by atoms with Crippen molar-refractivity contribution in [3.8, 4) is 0 Å². The van der Waals surface area contributed by atoms with Gasteiger partial charge >= 0.3 is 0 Å². The summed E-state index contributed by atoms with van der Waals surface area (Å²) in [5, 5.41) is 12.3. The first-order valence-corrected chi connectivity index (χ1v) is 9.29. The van der Waals surface area contributed by atoms with Gasteiger partial charge in [-0.05, 0) is 12.8 Å². The van der Waals surface area contributed by atoms with Gasteiger partial charge in [-0.3, -0.25) is 4.79 Å². The third kappa shape index (κ3) is 4.55. The van der Waals surface area contributed by atoms with Crippen LogP contribution in [0.2, 0.25) is 0 Å². The summed E-state index contributed by atoms with van der Waals surface area (Å²) in [5.41, 5.74) is 0. The number of nitrogens with one attached hydrogen (secondary N) is 1. The average molecular weight is 344 g/mol. The van der Waals surface area contributed by atoms with E-state index in [-0.39, 0.29) is 12.0 Å². The zero-order valence-electron chi connectivity index (χ0n) is 12.3. The van der Waals surface area contributed by atoms with Gasteiger partial charge in [0.1, 0.15) is 0 Å². The Morgan fingerprint density at radius 2 is 2.23 bits per heavy atom. The number of carbonyl (C=O) groups excluding carboxylic acids is 1. The molecule has 1 amide bonds. The Bertz CT molecular complexity index is 487. The highest BCUT2D eigenvalue weighted by Gasteiger charge is 2.18. The van der Waals surface area contributed by atoms with Crippen molar-refractivity contribution in [2.75, 3.05) is 50.5 Å². The second-order valence-electron chi connectivity index (χ2n) is 5.17. The maximum absolute atomic E-state index is 12.1. The lowest BCUT2D eigenvalue weighted by Gasteiger charge is -2.26. The second-order valence-corrected chi connectivity index (χ2v) is 7.37. The smallest absolute Gasteiger partial charge is 0.233 e. The van der Waals surface area contributed by atoms with E-state index in [1.807, 2.05) is 4.90 Å². The molecule has 0 aromatic carbocycles. The molecule has 2 saturated heterocycles. The van der Waals surface area contributed by atoms with E-state index < -0.39 is 0 Å². The van der Waals surface area contributed by atoms with Gasteiger partial charge in [0.05, 0.1) is 25.1 Å². The van der Waals surface area contributed by atoms with Gasteiger partial charge in [-0.15, -0.1) is 10.2 Å². The fourth-order valence-corrected chi connectivity index (χ4v) is 4.04. The number of thioether (sulfide) groups is 1. The first-order valence-electron chi connectivity index (χ1n) is 7.48. The SMILES string of the molecule is O=C(CSc1nnc(NCC2CCCO2)s1)N1CCOCC1. The molecule has 3 heterocycles. The van der Waals surface area contributed by atoms with Gasteiger partial charge in [0.15, 0.2) is 4.34 Å². The predicted octanol–water partition coefficient (Wildman–Crippen LogP) is 1.08. The van der Waals surface area contributed by atoms with Gasteiger partial charge in [-0.1, -0.05) is 23.1 Å². The maximum Gasteiger partial charge on any atom is 0.233 e. The van der Waals surface area contributed by atoms with Crippen LogP contribution in [0.5, 0.6) is 0 Å². The number of hydrogen-bond acceptors (Lipinski definition) is 8. The monoisotopic (exact) mass is 344 g/mol. The van der Waals surface area contributed by atoms with Crippen LogP contribution in [0.3, 0.4) is 0 Å². The number of morpholine rings is 1. The largest absolute Gasteiger partial charge is 0.378 e. The van der Waals surface area contributed by atoms with Crippen LogP contribution in [0.25, 0.3) is 0 Å². The van der Waals surface area contributed by atoms with Crippen molar-refractivity contribution >= 4 is 34.1 Å². The Labute approximate surface area is 137 Å². The minimum Gasteiger partial charge on any atom is -0.378 e. The van der Waals surface area contributed by atoms with Crippen molar-refractivity contribution in [3.05, 3.63) is 0 Å². The van der Waals surface area contributed by atoms with Crippen LogP contribution >= 0.6 is 23.1 Å². The fourth-order valence-electron chi connectivity index (χ4n) is 2.37. The number of aromatic nitrogens is 2. The number of carbonyl (C=O) groups is 1. The Kier molecular flexibility index (Phi) is 5.88. The summed E-state index contributed by atoms with van der Waals surface area (Å²) < 4.78 is 11.6. The van der Waals surface area contributed by atoms with Crippen LogP contribution in [0.4, 0.5) is 5.13 Å². The molecule has 9 heteroatoms. The quantitative estimate of drug-likeness (QED) is 0.774. The zero-order valence-corrected chi connectivity index (χ0v) is 14.0. The zero-order chi connectivity index (χ0) is 15.2. The summed E-state index contributed by atoms with van der Waals surface area (Å²) in [5.74, 6) is 0.540. The molecule has 0 radical (unpaired) electrons. The molecule has 1 N–H and O–H groups in total. The Morgan fingerprint density at radius 1 is 1.36 bits per heavy atom. The maximum atomic E-state index is 12.1. The lowest BCUT2D eigenvalue weighted by molar-refractivity contribution is -0.132. The molecule has 0 spiro atoms. The molecule has 122 valence electrons. The number of ether oxygens (including phenoxy) is 2. The molecule has 0 aliphatic carbocycles. The van der Waals surface area contributed by atoms with Crippen LogP contribution in [0.1, 0.15) is 12.8 Å². The molecule has 2 fully saturated rings. The molecule has 1 unspecified atom stereocenters. The summed E-state index contributed by atoms with van der Waals surface area (Å²) in [6.45, 7) is 4.26. The van der Waals surface area contributed by atoms with Crippen molar-refractivity contribution in [1.29, 1.82) is 0 Å². The van der Waals surface area contributed by atoms with Crippen molar-refractivity contribution in [2.24, 2.45) is 0 Å². The van der Waals surface area contributed by atoms with Crippen LogP contribution in [-0.4, -0.2) is 72.3 Å². The molecule has 2 aliphatic rings.